The number of primary sulfonamides is 1. The SMILES string of the molecule is CCC(=O)Nc1ccc(S(=O)(=O)N2CCc3cc(S(N)(=O)=O)ccc32)cc1. The van der Waals surface area contributed by atoms with Crippen LogP contribution >= 0.6 is 0 Å². The second-order valence-corrected chi connectivity index (χ2v) is 9.51. The number of anilines is 2. The predicted molar refractivity (Wildman–Crippen MR) is 101 cm³/mol. The van der Waals surface area contributed by atoms with Gasteiger partial charge in [-0.05, 0) is 54.4 Å². The van der Waals surface area contributed by atoms with Crippen molar-refractivity contribution in [2.75, 3.05) is 16.2 Å². The maximum atomic E-state index is 13.0. The Bertz CT molecular complexity index is 1090. The Balaban J connectivity index is 1.90. The van der Waals surface area contributed by atoms with Crippen molar-refractivity contribution < 1.29 is 21.6 Å². The zero-order valence-electron chi connectivity index (χ0n) is 14.5. The van der Waals surface area contributed by atoms with E-state index in [2.05, 4.69) is 5.32 Å². The van der Waals surface area contributed by atoms with Gasteiger partial charge < -0.3 is 5.32 Å². The van der Waals surface area contributed by atoms with Gasteiger partial charge in [0.2, 0.25) is 15.9 Å². The van der Waals surface area contributed by atoms with E-state index in [-0.39, 0.29) is 22.2 Å². The second kappa shape index (κ2) is 6.95. The van der Waals surface area contributed by atoms with Crippen molar-refractivity contribution in [3.63, 3.8) is 0 Å². The van der Waals surface area contributed by atoms with Crippen LogP contribution in [-0.4, -0.2) is 29.3 Å². The Kier molecular flexibility index (Phi) is 4.98. The number of nitrogens with two attached hydrogens (primary N) is 1. The molecule has 2 aromatic carbocycles. The molecule has 0 atom stereocenters. The number of carbonyl (C=O) groups excluding carboxylic acids is 1. The van der Waals surface area contributed by atoms with Crippen LogP contribution in [0.1, 0.15) is 18.9 Å². The molecule has 0 saturated heterocycles. The van der Waals surface area contributed by atoms with Crippen molar-refractivity contribution in [2.24, 2.45) is 5.14 Å². The Morgan fingerprint density at radius 2 is 1.70 bits per heavy atom. The number of benzene rings is 2. The van der Waals surface area contributed by atoms with E-state index in [4.69, 9.17) is 5.14 Å². The molecule has 144 valence electrons. The second-order valence-electron chi connectivity index (χ2n) is 6.09. The number of nitrogens with one attached hydrogen (secondary N) is 1. The first-order chi connectivity index (χ1) is 12.6. The summed E-state index contributed by atoms with van der Waals surface area (Å²) in [6.07, 6.45) is 0.716. The monoisotopic (exact) mass is 409 g/mol. The van der Waals surface area contributed by atoms with Gasteiger partial charge >= 0.3 is 0 Å². The highest BCUT2D eigenvalue weighted by Gasteiger charge is 2.31. The van der Waals surface area contributed by atoms with Crippen molar-refractivity contribution in [3.05, 3.63) is 48.0 Å². The molecule has 3 N–H and O–H groups in total. The molecule has 10 heteroatoms. The van der Waals surface area contributed by atoms with E-state index >= 15 is 0 Å². The minimum atomic E-state index is -3.85. The van der Waals surface area contributed by atoms with Gasteiger partial charge in [-0.2, -0.15) is 0 Å². The van der Waals surface area contributed by atoms with Crippen LogP contribution in [0.25, 0.3) is 0 Å². The van der Waals surface area contributed by atoms with Crippen LogP contribution in [0, 0.1) is 0 Å². The normalized spacial score (nSPS) is 14.1. The molecule has 0 radical (unpaired) electrons. The molecule has 1 amide bonds. The smallest absolute Gasteiger partial charge is 0.264 e. The Labute approximate surface area is 158 Å². The van der Waals surface area contributed by atoms with Gasteiger partial charge in [0.25, 0.3) is 10.0 Å². The lowest BCUT2D eigenvalue weighted by Crippen LogP contribution is -2.29. The molecule has 0 spiro atoms. The molecular weight excluding hydrogens is 390 g/mol. The van der Waals surface area contributed by atoms with Crippen LogP contribution in [0.5, 0.6) is 0 Å². The lowest BCUT2D eigenvalue weighted by molar-refractivity contribution is -0.115. The summed E-state index contributed by atoms with van der Waals surface area (Å²) in [7, 11) is -7.66. The minimum absolute atomic E-state index is 0.0449. The van der Waals surface area contributed by atoms with Gasteiger partial charge in [0, 0.05) is 18.7 Å². The Morgan fingerprint density at radius 3 is 2.30 bits per heavy atom. The zero-order valence-corrected chi connectivity index (χ0v) is 16.2. The van der Waals surface area contributed by atoms with Gasteiger partial charge in [-0.25, -0.2) is 22.0 Å². The summed E-state index contributed by atoms with van der Waals surface area (Å²) in [4.78, 5) is 11.5. The fourth-order valence-corrected chi connectivity index (χ4v) is 4.93. The summed E-state index contributed by atoms with van der Waals surface area (Å²) in [5, 5.41) is 7.79. The average Bonchev–Trinajstić information content (AvgIpc) is 3.05. The van der Waals surface area contributed by atoms with Gasteiger partial charge in [0.1, 0.15) is 0 Å². The van der Waals surface area contributed by atoms with Crippen LogP contribution in [0.2, 0.25) is 0 Å². The molecule has 1 aliphatic rings. The number of fused-ring (bicyclic) bond motifs is 1. The average molecular weight is 409 g/mol. The van der Waals surface area contributed by atoms with Crippen molar-refractivity contribution in [3.8, 4) is 0 Å². The van der Waals surface area contributed by atoms with Gasteiger partial charge in [0.05, 0.1) is 15.5 Å². The molecule has 1 heterocycles. The molecule has 0 fully saturated rings. The van der Waals surface area contributed by atoms with E-state index in [0.717, 1.165) is 0 Å². The van der Waals surface area contributed by atoms with Crippen LogP contribution in [0.15, 0.2) is 52.3 Å². The van der Waals surface area contributed by atoms with Gasteiger partial charge in [-0.1, -0.05) is 6.92 Å². The van der Waals surface area contributed by atoms with E-state index in [1.54, 1.807) is 6.92 Å². The number of hydrogen-bond donors (Lipinski definition) is 2. The molecule has 8 nitrogen and oxygen atoms in total. The molecule has 0 aromatic heterocycles. The standard InChI is InChI=1S/C17H19N3O5S2/c1-2-17(21)19-13-3-5-14(6-4-13)27(24,25)20-10-9-12-11-15(26(18,22)23)7-8-16(12)20/h3-8,11H,2,9-10H2,1H3,(H,19,21)(H2,18,22,23). The lowest BCUT2D eigenvalue weighted by Gasteiger charge is -2.20. The quantitative estimate of drug-likeness (QED) is 0.772. The highest BCUT2D eigenvalue weighted by Crippen LogP contribution is 2.34. The maximum Gasteiger partial charge on any atom is 0.264 e. The van der Waals surface area contributed by atoms with Crippen LogP contribution in [0.4, 0.5) is 11.4 Å². The van der Waals surface area contributed by atoms with Gasteiger partial charge in [-0.15, -0.1) is 0 Å². The summed E-state index contributed by atoms with van der Waals surface area (Å²) in [5.41, 5.74) is 1.56. The van der Waals surface area contributed by atoms with Crippen molar-refractivity contribution >= 4 is 37.3 Å². The summed E-state index contributed by atoms with van der Waals surface area (Å²) >= 11 is 0. The summed E-state index contributed by atoms with van der Waals surface area (Å²) in [6, 6.07) is 10.1. The largest absolute Gasteiger partial charge is 0.326 e. The first kappa shape index (κ1) is 19.3. The Morgan fingerprint density at radius 1 is 1.07 bits per heavy atom. The minimum Gasteiger partial charge on any atom is -0.326 e. The highest BCUT2D eigenvalue weighted by molar-refractivity contribution is 7.92. The van der Waals surface area contributed by atoms with E-state index < -0.39 is 20.0 Å². The molecule has 0 bridgehead atoms. The third-order valence-corrected chi connectivity index (χ3v) is 7.02. The van der Waals surface area contributed by atoms with E-state index in [1.165, 1.54) is 46.8 Å². The summed E-state index contributed by atoms with van der Waals surface area (Å²) in [5.74, 6) is -0.162. The number of carbonyl (C=O) groups is 1. The van der Waals surface area contributed by atoms with Crippen LogP contribution in [0.3, 0.4) is 0 Å². The topological polar surface area (TPSA) is 127 Å². The third-order valence-electron chi connectivity index (χ3n) is 4.28. The number of nitrogens with zero attached hydrogens (tertiary/aromatic N) is 1. The number of rotatable bonds is 5. The molecular formula is C17H19N3O5S2. The number of amides is 1. The van der Waals surface area contributed by atoms with Crippen molar-refractivity contribution in [1.29, 1.82) is 0 Å². The zero-order chi connectivity index (χ0) is 19.8. The lowest BCUT2D eigenvalue weighted by atomic mass is 10.2. The fraction of sp³-hybridized carbons (Fsp3) is 0.235. The maximum absolute atomic E-state index is 13.0. The fourth-order valence-electron chi connectivity index (χ4n) is 2.86. The molecule has 0 unspecified atom stereocenters. The van der Waals surface area contributed by atoms with Gasteiger partial charge in [0.15, 0.2) is 0 Å². The van der Waals surface area contributed by atoms with E-state index in [9.17, 15) is 21.6 Å². The predicted octanol–water partition coefficient (Wildman–Crippen LogP) is 1.43. The highest BCUT2D eigenvalue weighted by atomic mass is 32.2. The van der Waals surface area contributed by atoms with Crippen molar-refractivity contribution in [1.82, 2.24) is 0 Å². The molecule has 3 rings (SSSR count). The Hall–Kier alpha value is -2.43. The molecule has 27 heavy (non-hydrogen) atoms. The third kappa shape index (κ3) is 3.82. The number of hydrogen-bond acceptors (Lipinski definition) is 5. The molecule has 0 aliphatic carbocycles. The van der Waals surface area contributed by atoms with Crippen molar-refractivity contribution in [2.45, 2.75) is 29.6 Å². The van der Waals surface area contributed by atoms with E-state index in [0.29, 0.717) is 29.8 Å². The van der Waals surface area contributed by atoms with Crippen LogP contribution < -0.4 is 14.8 Å². The summed E-state index contributed by atoms with van der Waals surface area (Å²) < 4.78 is 50.1. The molecule has 0 saturated carbocycles. The van der Waals surface area contributed by atoms with Crippen LogP contribution in [-0.2, 0) is 31.3 Å². The first-order valence-corrected chi connectivity index (χ1v) is 11.2. The molecule has 1 aliphatic heterocycles. The summed E-state index contributed by atoms with van der Waals surface area (Å²) in [6.45, 7) is 1.93. The number of sulfonamides is 2. The van der Waals surface area contributed by atoms with E-state index in [1.807, 2.05) is 0 Å². The van der Waals surface area contributed by atoms with Gasteiger partial charge in [-0.3, -0.25) is 9.10 Å². The molecule has 2 aromatic rings. The first-order valence-electron chi connectivity index (χ1n) is 8.21.